The van der Waals surface area contributed by atoms with Gasteiger partial charge < -0.3 is 20.3 Å². The van der Waals surface area contributed by atoms with Gasteiger partial charge in [0.2, 0.25) is 0 Å². The molecular weight excluding hydrogens is 398 g/mol. The average molecular weight is 420 g/mol. The van der Waals surface area contributed by atoms with E-state index in [0.29, 0.717) is 11.3 Å². The Hall–Kier alpha value is -2.32. The molecule has 1 saturated carbocycles. The van der Waals surface area contributed by atoms with E-state index in [9.17, 15) is 14.7 Å². The number of rotatable bonds is 7. The molecule has 3 N–H and O–H groups in total. The van der Waals surface area contributed by atoms with Gasteiger partial charge in [-0.15, -0.1) is 22.7 Å². The van der Waals surface area contributed by atoms with Crippen molar-refractivity contribution in [2.75, 3.05) is 18.5 Å². The van der Waals surface area contributed by atoms with Gasteiger partial charge in [0.25, 0.3) is 0 Å². The number of carboxylic acid groups (broad SMARTS) is 2. The summed E-state index contributed by atoms with van der Waals surface area (Å²) in [4.78, 5) is 23.5. The van der Waals surface area contributed by atoms with Crippen LogP contribution in [0.3, 0.4) is 0 Å². The lowest BCUT2D eigenvalue weighted by molar-refractivity contribution is -0.139. The largest absolute Gasteiger partial charge is 0.479 e. The number of hydrogen-bond acceptors (Lipinski definition) is 6. The molecule has 1 aromatic rings. The highest BCUT2D eigenvalue weighted by molar-refractivity contribution is 7.24. The maximum atomic E-state index is 11.6. The van der Waals surface area contributed by atoms with Crippen molar-refractivity contribution in [1.29, 1.82) is 0 Å². The number of aliphatic carboxylic acids is 1. The SMILES string of the molecule is O=C(O)COc1c(C(=O)O)sc2cc3ccc(NCC4CCCCC4)sc-3c12. The first-order chi connectivity index (χ1) is 13.5. The van der Waals surface area contributed by atoms with Crippen molar-refractivity contribution in [3.05, 3.63) is 23.1 Å². The lowest BCUT2D eigenvalue weighted by atomic mass is 9.89. The highest BCUT2D eigenvalue weighted by Gasteiger charge is 2.26. The van der Waals surface area contributed by atoms with E-state index in [4.69, 9.17) is 9.84 Å². The second-order valence-corrected chi connectivity index (χ2v) is 9.20. The maximum Gasteiger partial charge on any atom is 0.349 e. The molecule has 1 aromatic heterocycles. The van der Waals surface area contributed by atoms with Crippen molar-refractivity contribution in [1.82, 2.24) is 0 Å². The molecule has 0 atom stereocenters. The van der Waals surface area contributed by atoms with Crippen molar-refractivity contribution >= 4 is 49.7 Å². The number of anilines is 1. The quantitative estimate of drug-likeness (QED) is 0.486. The molecule has 2 heterocycles. The highest BCUT2D eigenvalue weighted by atomic mass is 32.1. The molecule has 0 amide bonds. The standard InChI is InChI=1S/C20H21NO5S2/c22-15(23)10-26-17-16-13(27-19(17)20(24)25)8-12-6-7-14(28-18(12)16)21-9-11-4-2-1-3-5-11/h6-8,11,21H,1-5,9-10H2,(H,22,23)(H,24,25). The topological polar surface area (TPSA) is 95.9 Å². The number of aromatic carboxylic acids is 1. The second-order valence-electron chi connectivity index (χ2n) is 7.10. The molecule has 3 aliphatic rings. The molecule has 4 rings (SSSR count). The van der Waals surface area contributed by atoms with E-state index in [-0.39, 0.29) is 10.6 Å². The van der Waals surface area contributed by atoms with Crippen LogP contribution in [0.2, 0.25) is 0 Å². The van der Waals surface area contributed by atoms with Crippen molar-refractivity contribution in [3.63, 3.8) is 0 Å². The third kappa shape index (κ3) is 3.79. The summed E-state index contributed by atoms with van der Waals surface area (Å²) < 4.78 is 6.19. The first-order valence-electron chi connectivity index (χ1n) is 9.33. The van der Waals surface area contributed by atoms with E-state index in [1.165, 1.54) is 32.1 Å². The third-order valence-corrected chi connectivity index (χ3v) is 7.37. The number of carboxylic acids is 2. The molecule has 0 spiro atoms. The molecule has 0 radical (unpaired) electrons. The van der Waals surface area contributed by atoms with E-state index in [2.05, 4.69) is 11.4 Å². The smallest absolute Gasteiger partial charge is 0.349 e. The van der Waals surface area contributed by atoms with E-state index in [1.54, 1.807) is 11.3 Å². The first-order valence-corrected chi connectivity index (χ1v) is 11.0. The van der Waals surface area contributed by atoms with E-state index in [0.717, 1.165) is 38.0 Å². The highest BCUT2D eigenvalue weighted by Crippen LogP contribution is 2.49. The predicted octanol–water partition coefficient (Wildman–Crippen LogP) is 5.22. The zero-order valence-corrected chi connectivity index (χ0v) is 16.8. The minimum absolute atomic E-state index is 0.0425. The summed E-state index contributed by atoms with van der Waals surface area (Å²) >= 11 is 2.68. The molecule has 28 heavy (non-hydrogen) atoms. The lowest BCUT2D eigenvalue weighted by Crippen LogP contribution is -2.16. The number of carbonyl (C=O) groups is 2. The molecule has 1 aliphatic heterocycles. The molecule has 1 fully saturated rings. The summed E-state index contributed by atoms with van der Waals surface area (Å²) in [6.45, 7) is 0.376. The fourth-order valence-corrected chi connectivity index (χ4v) is 5.96. The zero-order valence-electron chi connectivity index (χ0n) is 15.2. The van der Waals surface area contributed by atoms with Crippen LogP contribution in [-0.4, -0.2) is 35.3 Å². The minimum atomic E-state index is -1.13. The minimum Gasteiger partial charge on any atom is -0.479 e. The fraction of sp³-hybridized carbons (Fsp3) is 0.400. The lowest BCUT2D eigenvalue weighted by Gasteiger charge is -2.22. The van der Waals surface area contributed by atoms with E-state index < -0.39 is 18.5 Å². The van der Waals surface area contributed by atoms with Crippen LogP contribution < -0.4 is 10.1 Å². The van der Waals surface area contributed by atoms with Crippen LogP contribution in [0.25, 0.3) is 20.5 Å². The molecule has 0 aromatic carbocycles. The molecule has 148 valence electrons. The van der Waals surface area contributed by atoms with Crippen LogP contribution in [0.15, 0.2) is 18.2 Å². The van der Waals surface area contributed by atoms with Crippen molar-refractivity contribution in [2.24, 2.45) is 5.92 Å². The van der Waals surface area contributed by atoms with Crippen molar-refractivity contribution in [3.8, 4) is 16.2 Å². The molecular formula is C20H21NO5S2. The Morgan fingerprint density at radius 3 is 2.64 bits per heavy atom. The summed E-state index contributed by atoms with van der Waals surface area (Å²) in [7, 11) is 0. The molecule has 6 nitrogen and oxygen atoms in total. The van der Waals surface area contributed by atoms with Gasteiger partial charge in [-0.3, -0.25) is 0 Å². The van der Waals surface area contributed by atoms with Crippen LogP contribution >= 0.6 is 22.7 Å². The van der Waals surface area contributed by atoms with Crippen LogP contribution in [0.5, 0.6) is 5.75 Å². The van der Waals surface area contributed by atoms with Gasteiger partial charge in [-0.05, 0) is 36.5 Å². The van der Waals surface area contributed by atoms with Gasteiger partial charge in [0.15, 0.2) is 17.2 Å². The van der Waals surface area contributed by atoms with Crippen molar-refractivity contribution < 1.29 is 24.5 Å². The Bertz CT molecular complexity index is 986. The number of hydrogen-bond donors (Lipinski definition) is 3. The number of nitrogens with one attached hydrogen (secondary N) is 1. The van der Waals surface area contributed by atoms with Crippen molar-refractivity contribution in [2.45, 2.75) is 32.1 Å². The summed E-state index contributed by atoms with van der Waals surface area (Å²) in [6, 6.07) is 6.01. The zero-order chi connectivity index (χ0) is 19.7. The van der Waals surface area contributed by atoms with Crippen LogP contribution in [0.4, 0.5) is 5.00 Å². The van der Waals surface area contributed by atoms with E-state index in [1.807, 2.05) is 12.1 Å². The fourth-order valence-electron chi connectivity index (χ4n) is 3.79. The molecule has 0 unspecified atom stereocenters. The average Bonchev–Trinajstić information content (AvgIpc) is 3.21. The Kier molecular flexibility index (Phi) is 5.41. The number of thiophene rings is 1. The van der Waals surface area contributed by atoms with Gasteiger partial charge in [-0.2, -0.15) is 0 Å². The van der Waals surface area contributed by atoms with Gasteiger partial charge in [-0.1, -0.05) is 25.3 Å². The molecule has 0 saturated heterocycles. The molecule has 0 bridgehead atoms. The number of fused-ring (bicyclic) bond motifs is 3. The predicted molar refractivity (Wildman–Crippen MR) is 111 cm³/mol. The summed E-state index contributed by atoms with van der Waals surface area (Å²) in [6.07, 6.45) is 6.46. The maximum absolute atomic E-state index is 11.6. The van der Waals surface area contributed by atoms with Gasteiger partial charge in [-0.25, -0.2) is 9.59 Å². The van der Waals surface area contributed by atoms with Gasteiger partial charge in [0.05, 0.1) is 10.4 Å². The van der Waals surface area contributed by atoms with Crippen LogP contribution in [0.1, 0.15) is 41.8 Å². The monoisotopic (exact) mass is 419 g/mol. The summed E-state index contributed by atoms with van der Waals surface area (Å²) in [5.74, 6) is -1.38. The molecule has 8 heteroatoms. The van der Waals surface area contributed by atoms with E-state index >= 15 is 0 Å². The second kappa shape index (κ2) is 7.97. The summed E-state index contributed by atoms with van der Waals surface area (Å²) in [5, 5.41) is 23.7. The Morgan fingerprint density at radius 1 is 1.14 bits per heavy atom. The Balaban J connectivity index is 1.67. The van der Waals surface area contributed by atoms with Gasteiger partial charge in [0.1, 0.15) is 0 Å². The summed E-state index contributed by atoms with van der Waals surface area (Å²) in [5.41, 5.74) is 1.01. The van der Waals surface area contributed by atoms with Crippen LogP contribution in [0, 0.1) is 5.92 Å². The van der Waals surface area contributed by atoms with Gasteiger partial charge in [0, 0.05) is 16.1 Å². The Labute approximate surface area is 170 Å². The van der Waals surface area contributed by atoms with Crippen LogP contribution in [-0.2, 0) is 4.79 Å². The molecule has 2 aliphatic carbocycles. The first kappa shape index (κ1) is 19.0. The number of ether oxygens (including phenoxy) is 1. The normalized spacial score (nSPS) is 15.1. The Morgan fingerprint density at radius 2 is 1.93 bits per heavy atom. The van der Waals surface area contributed by atoms with Gasteiger partial charge >= 0.3 is 11.9 Å². The third-order valence-electron chi connectivity index (χ3n) is 5.12.